The van der Waals surface area contributed by atoms with Gasteiger partial charge in [-0.3, -0.25) is 0 Å². The van der Waals surface area contributed by atoms with Gasteiger partial charge in [0.25, 0.3) is 0 Å². The molecule has 8 heteroatoms. The van der Waals surface area contributed by atoms with Crippen molar-refractivity contribution in [2.24, 2.45) is 0 Å². The Hall–Kier alpha value is -0.850. The summed E-state index contributed by atoms with van der Waals surface area (Å²) in [4.78, 5) is 10.8. The average molecular weight is 248 g/mol. The van der Waals surface area contributed by atoms with Crippen LogP contribution in [0.5, 0.6) is 0 Å². The van der Waals surface area contributed by atoms with E-state index in [4.69, 9.17) is 23.2 Å². The summed E-state index contributed by atoms with van der Waals surface area (Å²) in [6.45, 7) is 0. The normalized spacial score (nSPS) is 10.4. The van der Waals surface area contributed by atoms with E-state index in [1.165, 1.54) is 11.8 Å². The number of rotatable bonds is 2. The van der Waals surface area contributed by atoms with Gasteiger partial charge in [0.15, 0.2) is 10.3 Å². The number of hydrogen-bond acceptors (Lipinski definition) is 5. The Balaban J connectivity index is 2.28. The van der Waals surface area contributed by atoms with Crippen molar-refractivity contribution in [2.75, 3.05) is 0 Å². The van der Waals surface area contributed by atoms with E-state index in [-0.39, 0.29) is 10.4 Å². The number of H-pyrrole nitrogens is 1. The summed E-state index contributed by atoms with van der Waals surface area (Å²) in [5, 5.41) is 8.52. The van der Waals surface area contributed by atoms with Crippen molar-refractivity contribution in [2.45, 2.75) is 10.2 Å². The predicted octanol–water partition coefficient (Wildman–Crippen LogP) is 2.05. The van der Waals surface area contributed by atoms with E-state index < -0.39 is 0 Å². The number of hydrogen-bond donors (Lipinski definition) is 1. The Bertz CT molecular complexity index is 432. The van der Waals surface area contributed by atoms with Crippen LogP contribution >= 0.6 is 35.0 Å². The summed E-state index contributed by atoms with van der Waals surface area (Å²) in [5.74, 6) is 0. The highest BCUT2D eigenvalue weighted by Gasteiger charge is 2.08. The highest BCUT2D eigenvalue weighted by Crippen LogP contribution is 2.27. The van der Waals surface area contributed by atoms with Gasteiger partial charge in [0, 0.05) is 12.4 Å². The minimum Gasteiger partial charge on any atom is -0.339 e. The van der Waals surface area contributed by atoms with Crippen LogP contribution in [-0.2, 0) is 0 Å². The second kappa shape index (κ2) is 4.12. The summed E-state index contributed by atoms with van der Waals surface area (Å²) in [7, 11) is 0. The van der Waals surface area contributed by atoms with Gasteiger partial charge in [-0.05, 0) is 23.4 Å². The number of nitrogens with one attached hydrogen (secondary N) is 1. The minimum atomic E-state index is 0.0588. The molecule has 14 heavy (non-hydrogen) atoms. The second-order valence-corrected chi connectivity index (χ2v) is 3.85. The maximum atomic E-state index is 5.76. The number of imidazole rings is 1. The molecule has 0 aliphatic rings. The number of halogens is 2. The lowest BCUT2D eigenvalue weighted by Crippen LogP contribution is -1.91. The molecule has 0 fully saturated rings. The monoisotopic (exact) mass is 247 g/mol. The lowest BCUT2D eigenvalue weighted by Gasteiger charge is -1.98. The van der Waals surface area contributed by atoms with Crippen molar-refractivity contribution < 1.29 is 0 Å². The Morgan fingerprint density at radius 1 is 1.29 bits per heavy atom. The smallest absolute Gasteiger partial charge is 0.244 e. The van der Waals surface area contributed by atoms with Gasteiger partial charge in [0.2, 0.25) is 5.28 Å². The van der Waals surface area contributed by atoms with Gasteiger partial charge in [-0.1, -0.05) is 11.6 Å². The van der Waals surface area contributed by atoms with Crippen LogP contribution in [0.4, 0.5) is 0 Å². The zero-order valence-electron chi connectivity index (χ0n) is 6.61. The third-order valence-corrected chi connectivity index (χ3v) is 2.68. The van der Waals surface area contributed by atoms with Crippen LogP contribution in [0.2, 0.25) is 10.4 Å². The maximum absolute atomic E-state index is 5.76. The number of aromatic amines is 1. The average Bonchev–Trinajstić information content (AvgIpc) is 2.64. The summed E-state index contributed by atoms with van der Waals surface area (Å²) < 4.78 is 0. The molecule has 72 valence electrons. The molecule has 2 aromatic rings. The predicted molar refractivity (Wildman–Crippen MR) is 52.6 cm³/mol. The van der Waals surface area contributed by atoms with Crippen LogP contribution in [0.1, 0.15) is 0 Å². The molecule has 2 rings (SSSR count). The second-order valence-electron chi connectivity index (χ2n) is 2.17. The standard InChI is InChI=1S/C6H3Cl2N5S/c7-3-4(11-5(8)13-12-3)14-6-9-1-2-10-6/h1-2H,(H,9,10). The van der Waals surface area contributed by atoms with Crippen molar-refractivity contribution in [3.05, 3.63) is 22.8 Å². The van der Waals surface area contributed by atoms with Crippen LogP contribution in [0, 0.1) is 0 Å². The van der Waals surface area contributed by atoms with E-state index in [0.29, 0.717) is 10.2 Å². The molecule has 0 unspecified atom stereocenters. The zero-order valence-corrected chi connectivity index (χ0v) is 8.94. The molecular weight excluding hydrogens is 245 g/mol. The number of aromatic nitrogens is 5. The SMILES string of the molecule is Clc1nnc(Cl)c(Sc2ncc[nH]2)n1. The summed E-state index contributed by atoms with van der Waals surface area (Å²) in [6.07, 6.45) is 3.33. The summed E-state index contributed by atoms with van der Waals surface area (Å²) in [6, 6.07) is 0. The lowest BCUT2D eigenvalue weighted by molar-refractivity contribution is 0.900. The summed E-state index contributed by atoms with van der Waals surface area (Å²) >= 11 is 12.6. The van der Waals surface area contributed by atoms with Crippen molar-refractivity contribution in [1.29, 1.82) is 0 Å². The van der Waals surface area contributed by atoms with Gasteiger partial charge in [-0.25, -0.2) is 9.97 Å². The Labute approximate surface area is 93.3 Å². The van der Waals surface area contributed by atoms with Gasteiger partial charge in [0.05, 0.1) is 0 Å². The molecule has 2 aromatic heterocycles. The first kappa shape index (κ1) is 9.70. The fourth-order valence-corrected chi connectivity index (χ4v) is 1.79. The quantitative estimate of drug-likeness (QED) is 0.880. The van der Waals surface area contributed by atoms with Crippen LogP contribution < -0.4 is 0 Å². The zero-order chi connectivity index (χ0) is 9.97. The molecule has 0 aliphatic heterocycles. The molecular formula is C6H3Cl2N5S. The molecule has 0 saturated heterocycles. The van der Waals surface area contributed by atoms with Crippen LogP contribution in [0.15, 0.2) is 22.6 Å². The Morgan fingerprint density at radius 3 is 2.86 bits per heavy atom. The van der Waals surface area contributed by atoms with Gasteiger partial charge >= 0.3 is 0 Å². The number of nitrogens with zero attached hydrogens (tertiary/aromatic N) is 4. The van der Waals surface area contributed by atoms with Crippen molar-refractivity contribution >= 4 is 35.0 Å². The van der Waals surface area contributed by atoms with Gasteiger partial charge in [-0.2, -0.15) is 0 Å². The first-order valence-corrected chi connectivity index (χ1v) is 5.06. The van der Waals surface area contributed by atoms with E-state index in [1.807, 2.05) is 0 Å². The molecule has 1 N–H and O–H groups in total. The van der Waals surface area contributed by atoms with Crippen molar-refractivity contribution in [3.63, 3.8) is 0 Å². The van der Waals surface area contributed by atoms with Crippen LogP contribution in [-0.4, -0.2) is 25.1 Å². The van der Waals surface area contributed by atoms with E-state index in [9.17, 15) is 0 Å². The van der Waals surface area contributed by atoms with Crippen LogP contribution in [0.3, 0.4) is 0 Å². The van der Waals surface area contributed by atoms with Crippen molar-refractivity contribution in [1.82, 2.24) is 25.1 Å². The molecule has 0 amide bonds. The molecule has 0 saturated carbocycles. The fraction of sp³-hybridized carbons (Fsp3) is 0. The third-order valence-electron chi connectivity index (χ3n) is 1.26. The topological polar surface area (TPSA) is 67.3 Å². The molecule has 0 aromatic carbocycles. The van der Waals surface area contributed by atoms with E-state index in [1.54, 1.807) is 12.4 Å². The molecule has 0 atom stereocenters. The van der Waals surface area contributed by atoms with E-state index in [0.717, 1.165) is 0 Å². The molecule has 5 nitrogen and oxygen atoms in total. The molecule has 0 aliphatic carbocycles. The largest absolute Gasteiger partial charge is 0.339 e. The van der Waals surface area contributed by atoms with Crippen molar-refractivity contribution in [3.8, 4) is 0 Å². The van der Waals surface area contributed by atoms with Gasteiger partial charge in [0.1, 0.15) is 5.03 Å². The Morgan fingerprint density at radius 2 is 2.14 bits per heavy atom. The molecule has 0 spiro atoms. The van der Waals surface area contributed by atoms with Gasteiger partial charge < -0.3 is 4.98 Å². The minimum absolute atomic E-state index is 0.0588. The molecule has 0 radical (unpaired) electrons. The first-order chi connectivity index (χ1) is 6.75. The fourth-order valence-electron chi connectivity index (χ4n) is 0.743. The molecule has 0 bridgehead atoms. The maximum Gasteiger partial charge on any atom is 0.244 e. The van der Waals surface area contributed by atoms with Crippen LogP contribution in [0.25, 0.3) is 0 Å². The lowest BCUT2D eigenvalue weighted by atomic mass is 10.9. The molecule has 2 heterocycles. The Kier molecular flexibility index (Phi) is 2.85. The van der Waals surface area contributed by atoms with Gasteiger partial charge in [-0.15, -0.1) is 10.2 Å². The van der Waals surface area contributed by atoms with E-state index >= 15 is 0 Å². The third kappa shape index (κ3) is 2.14. The van der Waals surface area contributed by atoms with E-state index in [2.05, 4.69) is 25.1 Å². The highest BCUT2D eigenvalue weighted by molar-refractivity contribution is 7.99. The first-order valence-electron chi connectivity index (χ1n) is 3.48. The highest BCUT2D eigenvalue weighted by atomic mass is 35.5. The summed E-state index contributed by atoms with van der Waals surface area (Å²) in [5.41, 5.74) is 0.